The van der Waals surface area contributed by atoms with Gasteiger partial charge in [0.25, 0.3) is 5.91 Å². The lowest BCUT2D eigenvalue weighted by molar-refractivity contribution is -0.123. The van der Waals surface area contributed by atoms with Crippen molar-refractivity contribution < 1.29 is 14.3 Å². The molecule has 1 aromatic rings. The molecule has 0 aromatic heterocycles. The summed E-state index contributed by atoms with van der Waals surface area (Å²) in [5.41, 5.74) is 5.23. The third-order valence-corrected chi connectivity index (χ3v) is 5.29. The first-order chi connectivity index (χ1) is 11.1. The van der Waals surface area contributed by atoms with E-state index in [-0.39, 0.29) is 5.91 Å². The summed E-state index contributed by atoms with van der Waals surface area (Å²) in [5, 5.41) is 0.434. The predicted octanol–water partition coefficient (Wildman–Crippen LogP) is 2.94. The molecule has 2 aliphatic carbocycles. The average Bonchev–Trinajstić information content (AvgIpc) is 3.15. The van der Waals surface area contributed by atoms with E-state index in [1.807, 2.05) is 0 Å². The van der Waals surface area contributed by atoms with Gasteiger partial charge in [-0.1, -0.05) is 18.0 Å². The Balaban J connectivity index is 1.52. The van der Waals surface area contributed by atoms with E-state index in [1.165, 1.54) is 32.4 Å². The highest BCUT2D eigenvalue weighted by Gasteiger charge is 2.40. The zero-order chi connectivity index (χ0) is 16.4. The van der Waals surface area contributed by atoms with E-state index in [4.69, 9.17) is 16.3 Å². The third-order valence-electron chi connectivity index (χ3n) is 5.05. The number of hydrogen-bond donors (Lipinski definition) is 2. The maximum absolute atomic E-state index is 12.2. The molecule has 2 aliphatic rings. The summed E-state index contributed by atoms with van der Waals surface area (Å²) >= 11 is 5.91. The lowest BCUT2D eigenvalue weighted by Gasteiger charge is -2.21. The van der Waals surface area contributed by atoms with Gasteiger partial charge in [0, 0.05) is 11.4 Å². The predicted molar refractivity (Wildman–Crippen MR) is 87.2 cm³/mol. The summed E-state index contributed by atoms with van der Waals surface area (Å²) in [7, 11) is 1.48. The number of halogens is 1. The minimum absolute atomic E-state index is 0.142. The topological polar surface area (TPSA) is 67.4 Å². The lowest BCUT2D eigenvalue weighted by atomic mass is 9.86. The molecular formula is C17H21ClN2O3. The molecule has 2 saturated carbocycles. The van der Waals surface area contributed by atoms with Gasteiger partial charge in [-0.25, -0.2) is 0 Å². The van der Waals surface area contributed by atoms with Gasteiger partial charge in [0.2, 0.25) is 5.91 Å². The standard InChI is InChI=1S/C17H21ClN2O3/c1-23-15-5-4-13(18)9-14(15)17(22)20-19-16(21)8-12-7-10-2-3-11(12)6-10/h4-5,9-12H,2-3,6-8H2,1H3,(H,19,21)(H,20,22)/t10-,11-,12-/m0/s1. The first kappa shape index (κ1) is 16.1. The number of carbonyl (C=O) groups excluding carboxylic acids is 2. The molecule has 0 heterocycles. The summed E-state index contributed by atoms with van der Waals surface area (Å²) in [6, 6.07) is 4.77. The Morgan fingerprint density at radius 1 is 1.26 bits per heavy atom. The van der Waals surface area contributed by atoms with E-state index in [0.717, 1.165) is 12.3 Å². The fourth-order valence-electron chi connectivity index (χ4n) is 3.97. The smallest absolute Gasteiger partial charge is 0.273 e. The number of hydrogen-bond acceptors (Lipinski definition) is 3. The van der Waals surface area contributed by atoms with Crippen LogP contribution < -0.4 is 15.6 Å². The van der Waals surface area contributed by atoms with Crippen molar-refractivity contribution in [2.75, 3.05) is 7.11 Å². The van der Waals surface area contributed by atoms with Crippen LogP contribution >= 0.6 is 11.6 Å². The Bertz CT molecular complexity index is 620. The summed E-state index contributed by atoms with van der Waals surface area (Å²) in [5.74, 6) is 1.79. The molecule has 0 unspecified atom stereocenters. The number of amides is 2. The van der Waals surface area contributed by atoms with E-state index in [2.05, 4.69) is 10.9 Å². The second-order valence-electron chi connectivity index (χ2n) is 6.49. The second-order valence-corrected chi connectivity index (χ2v) is 6.92. The molecule has 2 bridgehead atoms. The summed E-state index contributed by atoms with van der Waals surface area (Å²) < 4.78 is 5.14. The van der Waals surface area contributed by atoms with E-state index in [9.17, 15) is 9.59 Å². The van der Waals surface area contributed by atoms with Crippen LogP contribution in [-0.2, 0) is 4.79 Å². The monoisotopic (exact) mass is 336 g/mol. The van der Waals surface area contributed by atoms with Crippen LogP contribution in [0.3, 0.4) is 0 Å². The minimum Gasteiger partial charge on any atom is -0.496 e. The quantitative estimate of drug-likeness (QED) is 0.831. The molecule has 0 radical (unpaired) electrons. The molecular weight excluding hydrogens is 316 g/mol. The molecule has 0 spiro atoms. The van der Waals surface area contributed by atoms with Crippen molar-refractivity contribution in [2.45, 2.75) is 32.1 Å². The maximum Gasteiger partial charge on any atom is 0.273 e. The van der Waals surface area contributed by atoms with Crippen LogP contribution in [0.4, 0.5) is 0 Å². The molecule has 6 heteroatoms. The SMILES string of the molecule is COc1ccc(Cl)cc1C(=O)NNC(=O)C[C@@H]1C[C@H]2CC[C@H]1C2. The van der Waals surface area contributed by atoms with Gasteiger partial charge >= 0.3 is 0 Å². The van der Waals surface area contributed by atoms with Gasteiger partial charge in [-0.3, -0.25) is 20.4 Å². The Kier molecular flexibility index (Phi) is 4.76. The van der Waals surface area contributed by atoms with Gasteiger partial charge < -0.3 is 4.74 Å². The van der Waals surface area contributed by atoms with Crippen molar-refractivity contribution in [1.29, 1.82) is 0 Å². The Hall–Kier alpha value is -1.75. The van der Waals surface area contributed by atoms with Crippen LogP contribution in [-0.4, -0.2) is 18.9 Å². The van der Waals surface area contributed by atoms with Gasteiger partial charge in [0.1, 0.15) is 5.75 Å². The molecule has 5 nitrogen and oxygen atoms in total. The van der Waals surface area contributed by atoms with Crippen LogP contribution in [0.2, 0.25) is 5.02 Å². The number of hydrazine groups is 1. The number of rotatable bonds is 4. The maximum atomic E-state index is 12.2. The van der Waals surface area contributed by atoms with Gasteiger partial charge in [-0.2, -0.15) is 0 Å². The zero-order valence-electron chi connectivity index (χ0n) is 13.1. The van der Waals surface area contributed by atoms with Crippen molar-refractivity contribution >= 4 is 23.4 Å². The number of ether oxygens (including phenoxy) is 1. The summed E-state index contributed by atoms with van der Waals surface area (Å²) in [6.45, 7) is 0. The van der Waals surface area contributed by atoms with Crippen molar-refractivity contribution in [2.24, 2.45) is 17.8 Å². The lowest BCUT2D eigenvalue weighted by Crippen LogP contribution is -2.42. The van der Waals surface area contributed by atoms with Gasteiger partial charge in [-0.05, 0) is 55.2 Å². The molecule has 2 N–H and O–H groups in total. The van der Waals surface area contributed by atoms with Crippen LogP contribution in [0.1, 0.15) is 42.5 Å². The number of fused-ring (bicyclic) bond motifs is 2. The first-order valence-corrected chi connectivity index (χ1v) is 8.37. The molecule has 23 heavy (non-hydrogen) atoms. The molecule has 0 aliphatic heterocycles. The van der Waals surface area contributed by atoms with Crippen molar-refractivity contribution in [3.05, 3.63) is 28.8 Å². The molecule has 1 aromatic carbocycles. The van der Waals surface area contributed by atoms with Crippen LogP contribution in [0.25, 0.3) is 0 Å². The molecule has 3 rings (SSSR count). The molecule has 3 atom stereocenters. The normalized spacial score (nSPS) is 25.2. The van der Waals surface area contributed by atoms with Crippen LogP contribution in [0.15, 0.2) is 18.2 Å². The second kappa shape index (κ2) is 6.79. The summed E-state index contributed by atoms with van der Waals surface area (Å²) in [4.78, 5) is 24.2. The van der Waals surface area contributed by atoms with E-state index in [0.29, 0.717) is 34.6 Å². The Labute approximate surface area is 140 Å². The van der Waals surface area contributed by atoms with Gasteiger partial charge in [0.15, 0.2) is 0 Å². The molecule has 124 valence electrons. The third kappa shape index (κ3) is 3.61. The number of methoxy groups -OCH3 is 1. The first-order valence-electron chi connectivity index (χ1n) is 7.99. The largest absolute Gasteiger partial charge is 0.496 e. The van der Waals surface area contributed by atoms with Gasteiger partial charge in [-0.15, -0.1) is 0 Å². The number of carbonyl (C=O) groups is 2. The summed E-state index contributed by atoms with van der Waals surface area (Å²) in [6.07, 6.45) is 5.45. The zero-order valence-corrected chi connectivity index (χ0v) is 13.9. The molecule has 2 amide bonds. The van der Waals surface area contributed by atoms with Crippen molar-refractivity contribution in [3.63, 3.8) is 0 Å². The Morgan fingerprint density at radius 2 is 2.09 bits per heavy atom. The molecule has 2 fully saturated rings. The highest BCUT2D eigenvalue weighted by atomic mass is 35.5. The molecule has 0 saturated heterocycles. The van der Waals surface area contributed by atoms with Crippen LogP contribution in [0.5, 0.6) is 5.75 Å². The average molecular weight is 337 g/mol. The van der Waals surface area contributed by atoms with E-state index in [1.54, 1.807) is 12.1 Å². The van der Waals surface area contributed by atoms with Gasteiger partial charge in [0.05, 0.1) is 12.7 Å². The van der Waals surface area contributed by atoms with E-state index < -0.39 is 5.91 Å². The highest BCUT2D eigenvalue weighted by molar-refractivity contribution is 6.31. The highest BCUT2D eigenvalue weighted by Crippen LogP contribution is 2.49. The van der Waals surface area contributed by atoms with Crippen LogP contribution in [0, 0.1) is 17.8 Å². The van der Waals surface area contributed by atoms with Crippen molar-refractivity contribution in [3.8, 4) is 5.75 Å². The number of benzene rings is 1. The van der Waals surface area contributed by atoms with E-state index >= 15 is 0 Å². The number of nitrogens with one attached hydrogen (secondary N) is 2. The fourth-order valence-corrected chi connectivity index (χ4v) is 4.14. The minimum atomic E-state index is -0.439. The fraction of sp³-hybridized carbons (Fsp3) is 0.529. The van der Waals surface area contributed by atoms with Crippen molar-refractivity contribution in [1.82, 2.24) is 10.9 Å². The Morgan fingerprint density at radius 3 is 2.74 bits per heavy atom.